The summed E-state index contributed by atoms with van der Waals surface area (Å²) < 4.78 is 7.25. The molecule has 4 rings (SSSR count). The first-order chi connectivity index (χ1) is 12.7. The molecule has 0 fully saturated rings. The van der Waals surface area contributed by atoms with Crippen LogP contribution in [0.25, 0.3) is 0 Å². The first-order valence-electron chi connectivity index (χ1n) is 8.22. The number of allylic oxidation sites excluding steroid dienone is 1. The molecule has 0 bridgehead atoms. The number of nitrogens with one attached hydrogen (secondary N) is 1. The molecule has 1 unspecified atom stereocenters. The van der Waals surface area contributed by atoms with Gasteiger partial charge in [0.25, 0.3) is 0 Å². The third kappa shape index (κ3) is 2.95. The molecule has 2 aromatic heterocycles. The van der Waals surface area contributed by atoms with Gasteiger partial charge in [0.05, 0.1) is 5.57 Å². The van der Waals surface area contributed by atoms with E-state index in [1.165, 1.54) is 6.33 Å². The topological polar surface area (TPSA) is 81.9 Å². The number of hydrogen-bond acceptors (Lipinski definition) is 6. The highest BCUT2D eigenvalue weighted by molar-refractivity contribution is 5.92. The molecule has 0 spiro atoms. The standard InChI is InChI=1S/C19H17N5O2/c1-13-16(18(25)26-11-14-5-3-2-4-6-14)17(15-7-9-20-10-8-15)24-19(23-13)21-12-22-24/h2-10,12,17H,11H2,1H3,(H,21,22,23). The molecule has 0 aliphatic carbocycles. The summed E-state index contributed by atoms with van der Waals surface area (Å²) in [4.78, 5) is 21.2. The number of hydrogen-bond donors (Lipinski definition) is 1. The van der Waals surface area contributed by atoms with Gasteiger partial charge in [0, 0.05) is 18.1 Å². The Balaban J connectivity index is 1.67. The molecule has 0 radical (unpaired) electrons. The van der Waals surface area contributed by atoms with E-state index in [0.29, 0.717) is 17.2 Å². The smallest absolute Gasteiger partial charge is 0.338 e. The molecule has 0 amide bonds. The van der Waals surface area contributed by atoms with E-state index in [4.69, 9.17) is 4.74 Å². The maximum absolute atomic E-state index is 12.9. The summed E-state index contributed by atoms with van der Waals surface area (Å²) in [5, 5.41) is 7.40. The van der Waals surface area contributed by atoms with Crippen molar-refractivity contribution in [2.24, 2.45) is 0 Å². The van der Waals surface area contributed by atoms with Gasteiger partial charge in [-0.3, -0.25) is 4.98 Å². The maximum Gasteiger partial charge on any atom is 0.338 e. The van der Waals surface area contributed by atoms with Gasteiger partial charge in [-0.2, -0.15) is 10.1 Å². The van der Waals surface area contributed by atoms with Crippen molar-refractivity contribution in [3.05, 3.63) is 83.6 Å². The summed E-state index contributed by atoms with van der Waals surface area (Å²) in [5.74, 6) is 0.200. The molecule has 7 nitrogen and oxygen atoms in total. The number of rotatable bonds is 4. The Hall–Kier alpha value is -3.48. The van der Waals surface area contributed by atoms with Gasteiger partial charge in [0.15, 0.2) is 0 Å². The van der Waals surface area contributed by atoms with Crippen LogP contribution in [0.3, 0.4) is 0 Å². The monoisotopic (exact) mass is 347 g/mol. The number of carbonyl (C=O) groups is 1. The number of nitrogens with zero attached hydrogens (tertiary/aromatic N) is 4. The molecule has 0 saturated heterocycles. The summed E-state index contributed by atoms with van der Waals surface area (Å²) in [6.07, 6.45) is 4.84. The minimum absolute atomic E-state index is 0.212. The van der Waals surface area contributed by atoms with Crippen LogP contribution in [0.2, 0.25) is 0 Å². The molecule has 1 aliphatic heterocycles. The Kier molecular flexibility index (Phi) is 4.18. The predicted octanol–water partition coefficient (Wildman–Crippen LogP) is 2.71. The largest absolute Gasteiger partial charge is 0.457 e. The van der Waals surface area contributed by atoms with Gasteiger partial charge in [-0.25, -0.2) is 9.48 Å². The minimum atomic E-state index is -0.417. The summed E-state index contributed by atoms with van der Waals surface area (Å²) in [5.41, 5.74) is 3.03. The Bertz CT molecular complexity index is 950. The van der Waals surface area contributed by atoms with Crippen LogP contribution < -0.4 is 5.32 Å². The Morgan fingerprint density at radius 2 is 1.96 bits per heavy atom. The number of ether oxygens (including phenoxy) is 1. The van der Waals surface area contributed by atoms with E-state index in [1.54, 1.807) is 17.1 Å². The fraction of sp³-hybridized carbons (Fsp3) is 0.158. The van der Waals surface area contributed by atoms with Gasteiger partial charge in [-0.1, -0.05) is 30.3 Å². The highest BCUT2D eigenvalue weighted by atomic mass is 16.5. The van der Waals surface area contributed by atoms with Crippen molar-refractivity contribution in [3.63, 3.8) is 0 Å². The molecule has 3 aromatic rings. The number of esters is 1. The van der Waals surface area contributed by atoms with Crippen LogP contribution in [-0.4, -0.2) is 25.7 Å². The van der Waals surface area contributed by atoms with E-state index in [1.807, 2.05) is 49.4 Å². The quantitative estimate of drug-likeness (QED) is 0.731. The van der Waals surface area contributed by atoms with Crippen LogP contribution in [0.15, 0.2) is 72.5 Å². The van der Waals surface area contributed by atoms with Crippen LogP contribution in [-0.2, 0) is 16.1 Å². The highest BCUT2D eigenvalue weighted by Crippen LogP contribution is 2.34. The van der Waals surface area contributed by atoms with Crippen molar-refractivity contribution in [1.82, 2.24) is 19.7 Å². The lowest BCUT2D eigenvalue weighted by atomic mass is 9.96. The van der Waals surface area contributed by atoms with Gasteiger partial charge >= 0.3 is 5.97 Å². The lowest BCUT2D eigenvalue weighted by molar-refractivity contribution is -0.140. The zero-order valence-corrected chi connectivity index (χ0v) is 14.2. The fourth-order valence-electron chi connectivity index (χ4n) is 3.01. The van der Waals surface area contributed by atoms with E-state index in [-0.39, 0.29) is 12.6 Å². The Morgan fingerprint density at radius 3 is 2.73 bits per heavy atom. The predicted molar refractivity (Wildman–Crippen MR) is 95.0 cm³/mol. The number of pyridine rings is 1. The Labute approximate surface area is 150 Å². The van der Waals surface area contributed by atoms with E-state index >= 15 is 0 Å². The second-order valence-electron chi connectivity index (χ2n) is 5.94. The lowest BCUT2D eigenvalue weighted by Gasteiger charge is -2.28. The van der Waals surface area contributed by atoms with Crippen molar-refractivity contribution in [2.45, 2.75) is 19.6 Å². The average molecular weight is 347 g/mol. The van der Waals surface area contributed by atoms with Crippen LogP contribution >= 0.6 is 0 Å². The number of fused-ring (bicyclic) bond motifs is 1. The zero-order valence-electron chi connectivity index (χ0n) is 14.2. The molecule has 1 atom stereocenters. The molecule has 7 heteroatoms. The molecule has 0 saturated carbocycles. The molecule has 26 heavy (non-hydrogen) atoms. The van der Waals surface area contributed by atoms with Crippen molar-refractivity contribution >= 4 is 11.9 Å². The second kappa shape index (κ2) is 6.79. The number of anilines is 1. The van der Waals surface area contributed by atoms with Crippen molar-refractivity contribution in [3.8, 4) is 0 Å². The van der Waals surface area contributed by atoms with Gasteiger partial charge in [-0.05, 0) is 30.2 Å². The van der Waals surface area contributed by atoms with E-state index in [0.717, 1.165) is 11.1 Å². The molecular weight excluding hydrogens is 330 g/mol. The number of carbonyl (C=O) groups excluding carboxylic acids is 1. The first kappa shape index (κ1) is 16.0. The minimum Gasteiger partial charge on any atom is -0.457 e. The summed E-state index contributed by atoms with van der Waals surface area (Å²) >= 11 is 0. The molecule has 1 N–H and O–H groups in total. The summed E-state index contributed by atoms with van der Waals surface area (Å²) in [6, 6.07) is 12.9. The van der Waals surface area contributed by atoms with Crippen molar-refractivity contribution in [1.29, 1.82) is 0 Å². The third-order valence-electron chi connectivity index (χ3n) is 4.25. The van der Waals surface area contributed by atoms with Gasteiger partial charge in [0.2, 0.25) is 5.95 Å². The first-order valence-corrected chi connectivity index (χ1v) is 8.22. The highest BCUT2D eigenvalue weighted by Gasteiger charge is 2.34. The van der Waals surface area contributed by atoms with E-state index in [9.17, 15) is 4.79 Å². The van der Waals surface area contributed by atoms with Crippen LogP contribution in [0.5, 0.6) is 0 Å². The van der Waals surface area contributed by atoms with Gasteiger partial charge < -0.3 is 10.1 Å². The fourth-order valence-corrected chi connectivity index (χ4v) is 3.01. The normalized spacial score (nSPS) is 16.0. The molecular formula is C19H17N5O2. The summed E-state index contributed by atoms with van der Waals surface area (Å²) in [6.45, 7) is 2.05. The number of aromatic nitrogens is 4. The molecule has 1 aliphatic rings. The van der Waals surface area contributed by atoms with Crippen molar-refractivity contribution < 1.29 is 9.53 Å². The second-order valence-corrected chi connectivity index (χ2v) is 5.94. The molecule has 3 heterocycles. The molecule has 1 aromatic carbocycles. The Morgan fingerprint density at radius 1 is 1.19 bits per heavy atom. The zero-order chi connectivity index (χ0) is 17.9. The van der Waals surface area contributed by atoms with Gasteiger partial charge in [-0.15, -0.1) is 0 Å². The van der Waals surface area contributed by atoms with Crippen LogP contribution in [0.4, 0.5) is 5.95 Å². The number of benzene rings is 1. The lowest BCUT2D eigenvalue weighted by Crippen LogP contribution is -2.29. The van der Waals surface area contributed by atoms with E-state index < -0.39 is 6.04 Å². The average Bonchev–Trinajstić information content (AvgIpc) is 3.14. The third-order valence-corrected chi connectivity index (χ3v) is 4.25. The molecule has 130 valence electrons. The SMILES string of the molecule is CC1=C(C(=O)OCc2ccccc2)C(c2ccncc2)n2ncnc2N1. The van der Waals surface area contributed by atoms with Gasteiger partial charge in [0.1, 0.15) is 19.0 Å². The maximum atomic E-state index is 12.9. The van der Waals surface area contributed by atoms with Crippen LogP contribution in [0.1, 0.15) is 24.1 Å². The van der Waals surface area contributed by atoms with Crippen LogP contribution in [0, 0.1) is 0 Å². The summed E-state index contributed by atoms with van der Waals surface area (Å²) in [7, 11) is 0. The van der Waals surface area contributed by atoms with E-state index in [2.05, 4.69) is 20.4 Å². The van der Waals surface area contributed by atoms with Crippen molar-refractivity contribution in [2.75, 3.05) is 5.32 Å².